The number of anilines is 3. The SMILES string of the molecule is CC(=O)OCC(OC(C)=O)C(=O)Nc1c(I)c(C(=O)NCC2CC(CNC(=O)c3c(I)c(NC(=O)C(COC(C)=O)OC(C)=O)c(I)c(C(=O)N(C)CC(O)CO)c3I)CC(CNC(=O)c3c(I)c(NC(=O)C(COC(C)=O)OC(C)=O)c(I)c(C(=O)N(C)CC(O)CO)c3I)C2)c(I)c(C(=O)N(C)CC(O)CO)c1I. The number of hydrogen-bond donors (Lipinski definition) is 12. The number of ether oxygens (including phenoxy) is 6. The first-order chi connectivity index (χ1) is 51.8. The second kappa shape index (κ2) is 46.8. The molecule has 1 fully saturated rings. The van der Waals surface area contributed by atoms with Gasteiger partial charge in [-0.3, -0.25) is 71.9 Å². The fourth-order valence-electron chi connectivity index (χ4n) is 10.9. The highest BCUT2D eigenvalue weighted by Gasteiger charge is 2.39. The van der Waals surface area contributed by atoms with Gasteiger partial charge in [-0.15, -0.1) is 0 Å². The average molecular weight is 2570 g/mol. The molecule has 1 aliphatic carbocycles. The third kappa shape index (κ3) is 28.7. The van der Waals surface area contributed by atoms with Crippen molar-refractivity contribution in [1.29, 1.82) is 0 Å². The van der Waals surface area contributed by atoms with Crippen molar-refractivity contribution in [3.63, 3.8) is 0 Å². The second-order valence-corrected chi connectivity index (χ2v) is 34.6. The van der Waals surface area contributed by atoms with Gasteiger partial charge < -0.3 is 106 Å². The monoisotopic (exact) mass is 2570 g/mol. The second-order valence-electron chi connectivity index (χ2n) is 24.9. The van der Waals surface area contributed by atoms with Crippen LogP contribution in [0.25, 0.3) is 0 Å². The first-order valence-electron chi connectivity index (χ1n) is 32.8. The smallest absolute Gasteiger partial charge is 0.303 e. The first kappa shape index (κ1) is 99.4. The van der Waals surface area contributed by atoms with Crippen LogP contribution in [0.5, 0.6) is 0 Å². The number of hydrogen-bond acceptors (Lipinski definition) is 27. The molecule has 6 atom stereocenters. The van der Waals surface area contributed by atoms with Crippen molar-refractivity contribution < 1.29 is 131 Å². The van der Waals surface area contributed by atoms with E-state index < -0.39 is 203 Å². The van der Waals surface area contributed by atoms with E-state index in [1.165, 1.54) is 21.1 Å². The van der Waals surface area contributed by atoms with Gasteiger partial charge in [-0.25, -0.2) is 0 Å². The molecule has 3 aromatic rings. The minimum atomic E-state index is -1.73. The molecule has 0 radical (unpaired) electrons. The Morgan fingerprint density at radius 2 is 0.559 bits per heavy atom. The van der Waals surface area contributed by atoms with Crippen LogP contribution in [-0.2, 0) is 71.6 Å². The first-order valence-corrected chi connectivity index (χ1v) is 42.5. The van der Waals surface area contributed by atoms with Gasteiger partial charge >= 0.3 is 35.8 Å². The molecule has 12 N–H and O–H groups in total. The Labute approximate surface area is 758 Å². The molecule has 36 nitrogen and oxygen atoms in total. The van der Waals surface area contributed by atoms with Crippen molar-refractivity contribution in [2.45, 2.75) is 97.4 Å². The van der Waals surface area contributed by atoms with Gasteiger partial charge in [-0.2, -0.15) is 0 Å². The number of halogens is 9. The molecule has 6 unspecified atom stereocenters. The summed E-state index contributed by atoms with van der Waals surface area (Å²) in [5.41, 5.74) is -1.31. The summed E-state index contributed by atoms with van der Waals surface area (Å²) >= 11 is 16.0. The van der Waals surface area contributed by atoms with Gasteiger partial charge in [-0.1, -0.05) is 0 Å². The van der Waals surface area contributed by atoms with Crippen LogP contribution in [0, 0.1) is 49.9 Å². The van der Waals surface area contributed by atoms with Crippen molar-refractivity contribution in [3.8, 4) is 0 Å². The zero-order valence-electron chi connectivity index (χ0n) is 60.3. The van der Waals surface area contributed by atoms with Gasteiger partial charge in [0.25, 0.3) is 53.2 Å². The number of esters is 6. The fraction of sp³-hybridized carbons (Fsp3) is 0.500. The molecule has 1 saturated carbocycles. The Bertz CT molecular complexity index is 3690. The molecule has 0 bridgehead atoms. The molecule has 612 valence electrons. The molecule has 1 aliphatic rings. The Morgan fingerprint density at radius 1 is 0.351 bits per heavy atom. The molecule has 3 aromatic carbocycles. The Balaban J connectivity index is 1.97. The van der Waals surface area contributed by atoms with E-state index in [4.69, 9.17) is 28.4 Å². The maximum absolute atomic E-state index is 15.1. The van der Waals surface area contributed by atoms with Crippen LogP contribution in [0.15, 0.2) is 0 Å². The topological polar surface area (TPSA) is 515 Å². The number of nitrogens with zero attached hydrogens (tertiary/aromatic N) is 3. The van der Waals surface area contributed by atoms with E-state index in [0.29, 0.717) is 0 Å². The van der Waals surface area contributed by atoms with Gasteiger partial charge in [0.15, 0.2) is 0 Å². The number of aliphatic hydroxyl groups is 6. The largest absolute Gasteiger partial charge is 0.461 e. The molecule has 0 spiro atoms. The lowest BCUT2D eigenvalue weighted by molar-refractivity contribution is -0.160. The van der Waals surface area contributed by atoms with Crippen LogP contribution in [0.2, 0.25) is 0 Å². The predicted octanol–water partition coefficient (Wildman–Crippen LogP) is 3.33. The molecule has 0 saturated heterocycles. The number of aliphatic hydroxyl groups excluding tert-OH is 6. The summed E-state index contributed by atoms with van der Waals surface area (Å²) in [5.74, 6) is -14.8. The lowest BCUT2D eigenvalue weighted by Crippen LogP contribution is -2.42. The quantitative estimate of drug-likeness (QED) is 0.0226. The van der Waals surface area contributed by atoms with Gasteiger partial charge in [-0.05, 0) is 240 Å². The van der Waals surface area contributed by atoms with Crippen LogP contribution in [-0.4, -0.2) is 271 Å². The van der Waals surface area contributed by atoms with Crippen LogP contribution in [0.1, 0.15) is 123 Å². The molecule has 9 amide bonds. The van der Waals surface area contributed by atoms with Crippen molar-refractivity contribution in [3.05, 3.63) is 65.5 Å². The van der Waals surface area contributed by atoms with Crippen LogP contribution in [0.3, 0.4) is 0 Å². The standard InChI is InChI=1S/C66H78I9N9O27/c1-25(88)106-22-37(109-28(4)91)58(97)79-55-49(70)40(46(67)43(52(55)73)64(103)82(7)16-34(94)19-85)61(100)76-13-31-10-32(14-77-62(101)41-47(68)44(65(104)83(8)17-35(95)20-86)53(74)56(50(41)71)80-59(98)38(110-29(5)92)23-107-26(2)89)12-33(11-31)15-78-63(102)42-48(69)45(66(105)84(9)18-36(96)21-87)54(75)57(51(42)72)81-60(99)39(111-30(6)93)24-108-27(3)90/h31-39,85-87,94-96H,10-24H2,1-9H3,(H,76,100)(H,77,101)(H,78,102)(H,79,97)(H,80,98)(H,81,99). The van der Waals surface area contributed by atoms with E-state index in [-0.39, 0.29) is 121 Å². The minimum absolute atomic E-state index is 0.0506. The highest BCUT2D eigenvalue weighted by molar-refractivity contribution is 14.1. The molecule has 0 heterocycles. The maximum Gasteiger partial charge on any atom is 0.303 e. The van der Waals surface area contributed by atoms with Gasteiger partial charge in [0.1, 0.15) is 19.8 Å². The van der Waals surface area contributed by atoms with E-state index in [1.54, 1.807) is 203 Å². The number of benzene rings is 3. The van der Waals surface area contributed by atoms with Crippen LogP contribution >= 0.6 is 203 Å². The van der Waals surface area contributed by atoms with E-state index >= 15 is 14.4 Å². The number of rotatable bonds is 36. The summed E-state index contributed by atoms with van der Waals surface area (Å²) in [6.45, 7) is 0.109. The van der Waals surface area contributed by atoms with Crippen molar-refractivity contribution in [2.24, 2.45) is 17.8 Å². The molecule has 45 heteroatoms. The van der Waals surface area contributed by atoms with Gasteiger partial charge in [0.2, 0.25) is 18.3 Å². The lowest BCUT2D eigenvalue weighted by Gasteiger charge is -2.35. The minimum Gasteiger partial charge on any atom is -0.461 e. The third-order valence-electron chi connectivity index (χ3n) is 15.9. The number of likely N-dealkylation sites (N-methyl/N-ethyl adjacent to an activating group) is 3. The number of nitrogens with one attached hydrogen (secondary N) is 6. The van der Waals surface area contributed by atoms with Crippen molar-refractivity contribution >= 4 is 309 Å². The van der Waals surface area contributed by atoms with Gasteiger partial charge in [0, 0.05) is 113 Å². The summed E-state index contributed by atoms with van der Waals surface area (Å²) in [7, 11) is 3.95. The normalized spacial score (nSPS) is 15.4. The Morgan fingerprint density at radius 3 is 0.748 bits per heavy atom. The molecule has 0 aromatic heterocycles. The predicted molar refractivity (Wildman–Crippen MR) is 468 cm³/mol. The van der Waals surface area contributed by atoms with E-state index in [1.807, 2.05) is 0 Å². The zero-order chi connectivity index (χ0) is 84.1. The average Bonchev–Trinajstić information content (AvgIpc) is 0.773. The summed E-state index contributed by atoms with van der Waals surface area (Å²) in [5, 5.41) is 77.0. The van der Waals surface area contributed by atoms with Crippen molar-refractivity contribution in [1.82, 2.24) is 30.7 Å². The molecule has 111 heavy (non-hydrogen) atoms. The molecule has 4 rings (SSSR count). The van der Waals surface area contributed by atoms with Crippen molar-refractivity contribution in [2.75, 3.05) is 116 Å². The number of carbonyl (C=O) groups is 15. The fourth-order valence-corrected chi connectivity index (χ4v) is 24.0. The van der Waals surface area contributed by atoms with Crippen LogP contribution < -0.4 is 31.9 Å². The van der Waals surface area contributed by atoms with Crippen LogP contribution in [0.4, 0.5) is 17.1 Å². The summed E-state index contributed by atoms with van der Waals surface area (Å²) < 4.78 is 31.1. The lowest BCUT2D eigenvalue weighted by atomic mass is 9.75. The number of amides is 9. The summed E-state index contributed by atoms with van der Waals surface area (Å²) in [6.07, 6.45) is -8.78. The molecular formula is C66H78I9N9O27. The number of carbonyl (C=O) groups excluding carboxylic acids is 15. The highest BCUT2D eigenvalue weighted by Crippen LogP contribution is 2.41. The summed E-state index contributed by atoms with van der Waals surface area (Å²) in [4.78, 5) is 206. The Kier molecular flexibility index (Phi) is 41.9. The Hall–Kier alpha value is -3.96. The van der Waals surface area contributed by atoms with E-state index in [0.717, 1.165) is 56.2 Å². The van der Waals surface area contributed by atoms with E-state index in [9.17, 15) is 88.2 Å². The third-order valence-corrected chi connectivity index (χ3v) is 25.6. The molecular weight excluding hydrogens is 2490 g/mol. The zero-order valence-corrected chi connectivity index (χ0v) is 79.7. The molecule has 0 aliphatic heterocycles. The maximum atomic E-state index is 15.1. The highest BCUT2D eigenvalue weighted by atomic mass is 127. The van der Waals surface area contributed by atoms with E-state index in [2.05, 4.69) is 31.9 Å². The van der Waals surface area contributed by atoms with Gasteiger partial charge in [0.05, 0.1) is 110 Å². The summed E-state index contributed by atoms with van der Waals surface area (Å²) in [6, 6.07) is 0.